The summed E-state index contributed by atoms with van der Waals surface area (Å²) in [4.78, 5) is 110. The molecule has 0 radical (unpaired) electrons. The van der Waals surface area contributed by atoms with Crippen molar-refractivity contribution >= 4 is 53.3 Å². The van der Waals surface area contributed by atoms with Crippen molar-refractivity contribution in [2.24, 2.45) is 33.8 Å². The summed E-state index contributed by atoms with van der Waals surface area (Å²) < 4.78 is 0. The van der Waals surface area contributed by atoms with Crippen molar-refractivity contribution in [2.45, 2.75) is 121 Å². The summed E-state index contributed by atoms with van der Waals surface area (Å²) in [7, 11) is 0. The zero-order valence-corrected chi connectivity index (χ0v) is 34.9. The van der Waals surface area contributed by atoms with Crippen LogP contribution in [0, 0.1) is 5.92 Å². The van der Waals surface area contributed by atoms with Crippen LogP contribution in [0.15, 0.2) is 35.3 Å². The van der Waals surface area contributed by atoms with Crippen molar-refractivity contribution in [2.75, 3.05) is 26.2 Å². The molecule has 1 aromatic carbocycles. The van der Waals surface area contributed by atoms with E-state index in [0.717, 1.165) is 0 Å². The fourth-order valence-electron chi connectivity index (χ4n) is 6.39. The summed E-state index contributed by atoms with van der Waals surface area (Å²) in [5, 5.41) is 24.5. The van der Waals surface area contributed by atoms with Crippen LogP contribution in [0.4, 0.5) is 0 Å². The lowest BCUT2D eigenvalue weighted by atomic mass is 10.0. The third-order valence-corrected chi connectivity index (χ3v) is 9.72. The van der Waals surface area contributed by atoms with Crippen LogP contribution in [0.2, 0.25) is 0 Å². The van der Waals surface area contributed by atoms with Gasteiger partial charge in [0.15, 0.2) is 5.96 Å². The Morgan fingerprint density at radius 3 is 2.02 bits per heavy atom. The molecule has 0 aliphatic carbocycles. The first-order valence-corrected chi connectivity index (χ1v) is 20.2. The summed E-state index contributed by atoms with van der Waals surface area (Å²) in [6.45, 7) is 6.27. The van der Waals surface area contributed by atoms with E-state index in [2.05, 4.69) is 36.9 Å². The molecule has 2 rings (SSSR count). The highest BCUT2D eigenvalue weighted by Crippen LogP contribution is 2.21. The van der Waals surface area contributed by atoms with E-state index < -0.39 is 102 Å². The van der Waals surface area contributed by atoms with Crippen LogP contribution in [0.1, 0.15) is 78.2 Å². The van der Waals surface area contributed by atoms with E-state index in [1.54, 1.807) is 44.2 Å². The van der Waals surface area contributed by atoms with Gasteiger partial charge in [-0.3, -0.25) is 43.3 Å². The van der Waals surface area contributed by atoms with Gasteiger partial charge < -0.3 is 64.8 Å². The number of aliphatic imine (C=N–C) groups is 1. The quantitative estimate of drug-likeness (QED) is 0.0267. The number of nitrogens with two attached hydrogens (primary N) is 4. The number of benzene rings is 1. The summed E-state index contributed by atoms with van der Waals surface area (Å²) in [5.74, 6) is -6.47. The Kier molecular flexibility index (Phi) is 21.5. The second-order valence-electron chi connectivity index (χ2n) is 15.2. The second-order valence-corrected chi connectivity index (χ2v) is 15.2. The van der Waals surface area contributed by atoms with Crippen LogP contribution in [-0.4, -0.2) is 132 Å². The Morgan fingerprint density at radius 1 is 0.783 bits per heavy atom. The molecule has 1 aromatic rings. The maximum atomic E-state index is 13.9. The van der Waals surface area contributed by atoms with Gasteiger partial charge in [0.1, 0.15) is 42.8 Å². The van der Waals surface area contributed by atoms with E-state index in [1.165, 1.54) is 18.7 Å². The van der Waals surface area contributed by atoms with Crippen LogP contribution in [0.3, 0.4) is 0 Å². The monoisotopic (exact) mass is 844 g/mol. The third-order valence-electron chi connectivity index (χ3n) is 9.72. The number of nitrogens with zero attached hydrogens (tertiary/aromatic N) is 2. The molecule has 0 spiro atoms. The number of hydrogen-bond donors (Lipinski definition) is 11. The highest BCUT2D eigenvalue weighted by molar-refractivity contribution is 5.97. The lowest BCUT2D eigenvalue weighted by Crippen LogP contribution is -2.60. The molecule has 15 N–H and O–H groups in total. The number of hydrogen-bond acceptors (Lipinski definition) is 11. The molecule has 1 aliphatic heterocycles. The van der Waals surface area contributed by atoms with Gasteiger partial charge in [-0.2, -0.15) is 0 Å². The van der Waals surface area contributed by atoms with E-state index in [4.69, 9.17) is 28.0 Å². The lowest BCUT2D eigenvalue weighted by Gasteiger charge is -2.30. The third kappa shape index (κ3) is 17.2. The minimum atomic E-state index is -1.28. The van der Waals surface area contributed by atoms with Gasteiger partial charge in [-0.1, -0.05) is 44.2 Å². The van der Waals surface area contributed by atoms with Gasteiger partial charge in [0.05, 0.1) is 6.04 Å². The molecule has 7 amide bonds. The van der Waals surface area contributed by atoms with Gasteiger partial charge in [-0.25, -0.2) is 0 Å². The van der Waals surface area contributed by atoms with Crippen LogP contribution in [-0.2, 0) is 44.8 Å². The molecule has 1 saturated heterocycles. The first-order chi connectivity index (χ1) is 28.4. The molecule has 0 unspecified atom stereocenters. The SMILES string of the molecule is CC(C)[C@H](NC(=O)[C@H](CCCN=C(N)N)NC(=O)[C@H](C)NC(=O)[C@H](Cc1ccccc1)NC(=O)[C@@H]1CCCN1C(=O)[C@H](CCCCN)NC(=O)[C@H](C)N)C(=O)NCC(=O)O. The number of carboxylic acid groups (broad SMARTS) is 1. The predicted octanol–water partition coefficient (Wildman–Crippen LogP) is -2.95. The minimum Gasteiger partial charge on any atom is -0.480 e. The molecule has 0 aromatic heterocycles. The van der Waals surface area contributed by atoms with E-state index in [0.29, 0.717) is 37.8 Å². The average Bonchev–Trinajstić information content (AvgIpc) is 3.69. The lowest BCUT2D eigenvalue weighted by molar-refractivity contribution is -0.142. The number of carbonyl (C=O) groups excluding carboxylic acids is 7. The molecule has 1 fully saturated rings. The van der Waals surface area contributed by atoms with Crippen LogP contribution >= 0.6 is 0 Å². The average molecular weight is 845 g/mol. The van der Waals surface area contributed by atoms with Gasteiger partial charge in [-0.05, 0) is 76.8 Å². The molecule has 7 atom stereocenters. The number of unbranched alkanes of at least 4 members (excludes halogenated alkanes) is 1. The zero-order valence-electron chi connectivity index (χ0n) is 34.9. The van der Waals surface area contributed by atoms with Crippen molar-refractivity contribution in [3.63, 3.8) is 0 Å². The van der Waals surface area contributed by atoms with E-state index >= 15 is 0 Å². The number of likely N-dealkylation sites (tertiary alicyclic amines) is 1. The van der Waals surface area contributed by atoms with Crippen molar-refractivity contribution in [1.82, 2.24) is 36.8 Å². The fraction of sp³-hybridized carbons (Fsp3) is 0.615. The van der Waals surface area contributed by atoms with Crippen molar-refractivity contribution in [1.29, 1.82) is 0 Å². The summed E-state index contributed by atoms with van der Waals surface area (Å²) in [5.41, 5.74) is 22.9. The highest BCUT2D eigenvalue weighted by atomic mass is 16.4. The van der Waals surface area contributed by atoms with E-state index in [9.17, 15) is 38.4 Å². The molecule has 21 nitrogen and oxygen atoms in total. The highest BCUT2D eigenvalue weighted by Gasteiger charge is 2.39. The Bertz CT molecular complexity index is 1660. The van der Waals surface area contributed by atoms with Crippen molar-refractivity contribution < 1.29 is 43.5 Å². The summed E-state index contributed by atoms with van der Waals surface area (Å²) >= 11 is 0. The standard InChI is InChI=1S/C39H64N12O9/c1-22(2)31(37(59)45-21-30(52)53)50-34(56)26(15-10-18-44-39(42)43)47-33(55)24(4)46-35(57)28(20-25-12-6-5-7-13-25)49-36(58)29-16-11-19-51(29)38(60)27(14-8-9-17-40)48-32(54)23(3)41/h5-7,12-13,22-24,26-29,31H,8-11,14-21,40-41H2,1-4H3,(H,45,59)(H,46,57)(H,47,55)(H,48,54)(H,49,58)(H,50,56)(H,52,53)(H4,42,43,44)/t23-,24-,26-,27-,28-,29-,31-/m0/s1. The molecular weight excluding hydrogens is 781 g/mol. The molecule has 0 saturated carbocycles. The first-order valence-electron chi connectivity index (χ1n) is 20.2. The van der Waals surface area contributed by atoms with Gasteiger partial charge in [-0.15, -0.1) is 0 Å². The molecule has 1 heterocycles. The Hall–Kier alpha value is -5.83. The smallest absolute Gasteiger partial charge is 0.322 e. The predicted molar refractivity (Wildman–Crippen MR) is 222 cm³/mol. The molecule has 334 valence electrons. The number of carboxylic acids is 1. The van der Waals surface area contributed by atoms with E-state index in [-0.39, 0.29) is 44.7 Å². The molecule has 60 heavy (non-hydrogen) atoms. The van der Waals surface area contributed by atoms with Gasteiger partial charge in [0.2, 0.25) is 41.4 Å². The van der Waals surface area contributed by atoms with Crippen LogP contribution in [0.5, 0.6) is 0 Å². The summed E-state index contributed by atoms with van der Waals surface area (Å²) in [6.07, 6.45) is 2.53. The molecular formula is C39H64N12O9. The number of aliphatic carboxylic acids is 1. The van der Waals surface area contributed by atoms with Crippen LogP contribution in [0.25, 0.3) is 0 Å². The molecule has 1 aliphatic rings. The van der Waals surface area contributed by atoms with Gasteiger partial charge >= 0.3 is 5.97 Å². The number of rotatable bonds is 25. The largest absolute Gasteiger partial charge is 0.480 e. The Balaban J connectivity index is 2.28. The van der Waals surface area contributed by atoms with Gasteiger partial charge in [0, 0.05) is 19.5 Å². The molecule has 0 bridgehead atoms. The van der Waals surface area contributed by atoms with E-state index in [1.807, 2.05) is 0 Å². The second kappa shape index (κ2) is 25.6. The minimum absolute atomic E-state index is 0.0166. The zero-order chi connectivity index (χ0) is 44.9. The number of amides is 7. The normalized spacial score (nSPS) is 16.5. The number of nitrogens with one attached hydrogen (secondary N) is 6. The Labute approximate surface area is 350 Å². The summed E-state index contributed by atoms with van der Waals surface area (Å²) in [6, 6.07) is 1.26. The molecule has 21 heteroatoms. The van der Waals surface area contributed by atoms with Crippen molar-refractivity contribution in [3.05, 3.63) is 35.9 Å². The number of guanidine groups is 1. The van der Waals surface area contributed by atoms with Crippen LogP contribution < -0.4 is 54.8 Å². The first kappa shape index (κ1) is 50.3. The Morgan fingerprint density at radius 2 is 1.42 bits per heavy atom. The van der Waals surface area contributed by atoms with Gasteiger partial charge in [0.25, 0.3) is 0 Å². The maximum Gasteiger partial charge on any atom is 0.322 e. The van der Waals surface area contributed by atoms with Crippen molar-refractivity contribution in [3.8, 4) is 0 Å². The number of carbonyl (C=O) groups is 8. The fourth-order valence-corrected chi connectivity index (χ4v) is 6.39. The maximum absolute atomic E-state index is 13.9. The topological polar surface area (TPSA) is 349 Å².